The van der Waals surface area contributed by atoms with E-state index in [1.807, 2.05) is 0 Å². The summed E-state index contributed by atoms with van der Waals surface area (Å²) in [5.41, 5.74) is 1.03. The Morgan fingerprint density at radius 3 is 2.48 bits per heavy atom. The number of hydrogen-bond acceptors (Lipinski definition) is 3. The quantitative estimate of drug-likeness (QED) is 0.822. The Balaban J connectivity index is 1.53. The average Bonchev–Trinajstić information content (AvgIpc) is 3.27. The molecule has 1 atom stereocenters. The minimum Gasteiger partial charge on any atom is -0.354 e. The van der Waals surface area contributed by atoms with Crippen LogP contribution in [-0.4, -0.2) is 54.3 Å². The van der Waals surface area contributed by atoms with Crippen LogP contribution in [0.5, 0.6) is 0 Å². The van der Waals surface area contributed by atoms with Crippen LogP contribution in [0.25, 0.3) is 0 Å². The van der Waals surface area contributed by atoms with Gasteiger partial charge in [-0.15, -0.1) is 0 Å². The van der Waals surface area contributed by atoms with Gasteiger partial charge in [-0.2, -0.15) is 0 Å². The molecule has 0 radical (unpaired) electrons. The SMILES string of the molecule is O=C(CCN1CCCC1=O)NC[C@@H](c1ccc(F)cc1)N1CCCC1. The number of nitrogens with one attached hydrogen (secondary N) is 1. The number of rotatable bonds is 7. The number of carbonyl (C=O) groups excluding carboxylic acids is 2. The molecule has 1 N–H and O–H groups in total. The highest BCUT2D eigenvalue weighted by atomic mass is 19.1. The Hall–Kier alpha value is -1.95. The molecule has 2 amide bonds. The molecule has 6 heteroatoms. The summed E-state index contributed by atoms with van der Waals surface area (Å²) in [7, 11) is 0. The number of carbonyl (C=O) groups is 2. The maximum absolute atomic E-state index is 13.2. The fourth-order valence-electron chi connectivity index (χ4n) is 3.67. The van der Waals surface area contributed by atoms with Gasteiger partial charge in [-0.25, -0.2) is 4.39 Å². The summed E-state index contributed by atoms with van der Waals surface area (Å²) >= 11 is 0. The van der Waals surface area contributed by atoms with E-state index in [9.17, 15) is 14.0 Å². The lowest BCUT2D eigenvalue weighted by Gasteiger charge is -2.28. The van der Waals surface area contributed by atoms with Crippen LogP contribution in [0.4, 0.5) is 4.39 Å². The minimum atomic E-state index is -0.247. The van der Waals surface area contributed by atoms with E-state index in [0.717, 1.165) is 44.5 Å². The molecule has 0 saturated carbocycles. The molecule has 5 nitrogen and oxygen atoms in total. The van der Waals surface area contributed by atoms with Gasteiger partial charge >= 0.3 is 0 Å². The molecular formula is C19H26FN3O2. The molecule has 0 spiro atoms. The van der Waals surface area contributed by atoms with Crippen LogP contribution >= 0.6 is 0 Å². The number of halogens is 1. The van der Waals surface area contributed by atoms with Crippen molar-refractivity contribution in [2.75, 3.05) is 32.7 Å². The summed E-state index contributed by atoms with van der Waals surface area (Å²) < 4.78 is 13.2. The molecule has 2 heterocycles. The van der Waals surface area contributed by atoms with Gasteiger partial charge in [0.05, 0.1) is 6.04 Å². The third-order valence-electron chi connectivity index (χ3n) is 5.11. The molecular weight excluding hydrogens is 321 g/mol. The summed E-state index contributed by atoms with van der Waals surface area (Å²) in [6.07, 6.45) is 4.14. The van der Waals surface area contributed by atoms with Crippen molar-refractivity contribution in [3.63, 3.8) is 0 Å². The molecule has 2 fully saturated rings. The van der Waals surface area contributed by atoms with E-state index >= 15 is 0 Å². The monoisotopic (exact) mass is 347 g/mol. The lowest BCUT2D eigenvalue weighted by Crippen LogP contribution is -2.38. The van der Waals surface area contributed by atoms with Gasteiger partial charge in [0.25, 0.3) is 0 Å². The van der Waals surface area contributed by atoms with Gasteiger partial charge in [0.15, 0.2) is 0 Å². The topological polar surface area (TPSA) is 52.7 Å². The molecule has 0 aliphatic carbocycles. The van der Waals surface area contributed by atoms with Crippen molar-refractivity contribution in [3.05, 3.63) is 35.6 Å². The van der Waals surface area contributed by atoms with Crippen molar-refractivity contribution in [3.8, 4) is 0 Å². The number of likely N-dealkylation sites (tertiary alicyclic amines) is 2. The highest BCUT2D eigenvalue weighted by Crippen LogP contribution is 2.24. The number of hydrogen-bond donors (Lipinski definition) is 1. The van der Waals surface area contributed by atoms with Crippen LogP contribution in [0.3, 0.4) is 0 Å². The van der Waals surface area contributed by atoms with E-state index in [-0.39, 0.29) is 23.7 Å². The van der Waals surface area contributed by atoms with E-state index in [2.05, 4.69) is 10.2 Å². The van der Waals surface area contributed by atoms with Crippen molar-refractivity contribution in [2.24, 2.45) is 0 Å². The fraction of sp³-hybridized carbons (Fsp3) is 0.579. The zero-order valence-electron chi connectivity index (χ0n) is 14.5. The van der Waals surface area contributed by atoms with Crippen LogP contribution < -0.4 is 5.32 Å². The van der Waals surface area contributed by atoms with Gasteiger partial charge in [-0.05, 0) is 50.0 Å². The average molecular weight is 347 g/mol. The van der Waals surface area contributed by atoms with Gasteiger partial charge in [-0.1, -0.05) is 12.1 Å². The smallest absolute Gasteiger partial charge is 0.222 e. The first-order chi connectivity index (χ1) is 12.1. The lowest BCUT2D eigenvalue weighted by atomic mass is 10.1. The molecule has 0 bridgehead atoms. The highest BCUT2D eigenvalue weighted by molar-refractivity contribution is 5.80. The molecule has 25 heavy (non-hydrogen) atoms. The highest BCUT2D eigenvalue weighted by Gasteiger charge is 2.24. The molecule has 2 aliphatic rings. The maximum Gasteiger partial charge on any atom is 0.222 e. The first kappa shape index (κ1) is 17.9. The van der Waals surface area contributed by atoms with Crippen LogP contribution in [-0.2, 0) is 9.59 Å². The molecule has 1 aromatic carbocycles. The lowest BCUT2D eigenvalue weighted by molar-refractivity contribution is -0.128. The summed E-state index contributed by atoms with van der Waals surface area (Å²) in [4.78, 5) is 27.9. The van der Waals surface area contributed by atoms with E-state index < -0.39 is 0 Å². The predicted molar refractivity (Wildman–Crippen MR) is 93.4 cm³/mol. The first-order valence-corrected chi connectivity index (χ1v) is 9.17. The van der Waals surface area contributed by atoms with Gasteiger partial charge in [0, 0.05) is 32.5 Å². The van der Waals surface area contributed by atoms with E-state index in [0.29, 0.717) is 25.9 Å². The van der Waals surface area contributed by atoms with Crippen molar-refractivity contribution in [1.82, 2.24) is 15.1 Å². The van der Waals surface area contributed by atoms with E-state index in [4.69, 9.17) is 0 Å². The second-order valence-corrected chi connectivity index (χ2v) is 6.85. The zero-order valence-corrected chi connectivity index (χ0v) is 14.5. The van der Waals surface area contributed by atoms with E-state index in [1.165, 1.54) is 12.1 Å². The third-order valence-corrected chi connectivity index (χ3v) is 5.11. The third kappa shape index (κ3) is 4.78. The van der Waals surface area contributed by atoms with Gasteiger partial charge < -0.3 is 10.2 Å². The largest absolute Gasteiger partial charge is 0.354 e. The Labute approximate surface area is 148 Å². The van der Waals surface area contributed by atoms with Crippen molar-refractivity contribution in [1.29, 1.82) is 0 Å². The molecule has 136 valence electrons. The minimum absolute atomic E-state index is 0.0361. The van der Waals surface area contributed by atoms with Crippen LogP contribution in [0.1, 0.15) is 43.7 Å². The Morgan fingerprint density at radius 2 is 1.84 bits per heavy atom. The maximum atomic E-state index is 13.2. The van der Waals surface area contributed by atoms with Gasteiger partial charge in [-0.3, -0.25) is 14.5 Å². The van der Waals surface area contributed by atoms with Crippen LogP contribution in [0.15, 0.2) is 24.3 Å². The molecule has 2 aliphatic heterocycles. The zero-order chi connectivity index (χ0) is 17.6. The standard InChI is InChI=1S/C19H26FN3O2/c20-16-7-5-15(6-8-16)17(22-10-1-2-11-22)14-21-18(24)9-13-23-12-3-4-19(23)25/h5-8,17H,1-4,9-14H2,(H,21,24)/t17-/m0/s1. The Morgan fingerprint density at radius 1 is 1.12 bits per heavy atom. The fourth-order valence-corrected chi connectivity index (χ4v) is 3.67. The normalized spacial score (nSPS) is 19.4. The molecule has 1 aromatic rings. The van der Waals surface area contributed by atoms with Crippen molar-refractivity contribution < 1.29 is 14.0 Å². The Bertz CT molecular complexity index is 599. The second kappa shape index (κ2) is 8.43. The van der Waals surface area contributed by atoms with Crippen LogP contribution in [0, 0.1) is 5.82 Å². The van der Waals surface area contributed by atoms with Crippen LogP contribution in [0.2, 0.25) is 0 Å². The number of amides is 2. The summed E-state index contributed by atoms with van der Waals surface area (Å²) in [5, 5.41) is 3.00. The molecule has 0 aromatic heterocycles. The summed E-state index contributed by atoms with van der Waals surface area (Å²) in [5.74, 6) is -0.136. The summed E-state index contributed by atoms with van der Waals surface area (Å²) in [6, 6.07) is 6.61. The molecule has 0 unspecified atom stereocenters. The molecule has 2 saturated heterocycles. The molecule has 3 rings (SSSR count). The first-order valence-electron chi connectivity index (χ1n) is 9.17. The van der Waals surface area contributed by atoms with Crippen molar-refractivity contribution >= 4 is 11.8 Å². The van der Waals surface area contributed by atoms with E-state index in [1.54, 1.807) is 17.0 Å². The van der Waals surface area contributed by atoms with Gasteiger partial charge in [0.1, 0.15) is 5.82 Å². The predicted octanol–water partition coefficient (Wildman–Crippen LogP) is 2.09. The second-order valence-electron chi connectivity index (χ2n) is 6.85. The van der Waals surface area contributed by atoms with Crippen molar-refractivity contribution in [2.45, 2.75) is 38.1 Å². The number of nitrogens with zero attached hydrogens (tertiary/aromatic N) is 2. The summed E-state index contributed by atoms with van der Waals surface area (Å²) in [6.45, 7) is 3.77. The Kier molecular flexibility index (Phi) is 6.02. The van der Waals surface area contributed by atoms with Gasteiger partial charge in [0.2, 0.25) is 11.8 Å². The number of benzene rings is 1.